The lowest BCUT2D eigenvalue weighted by Gasteiger charge is -2.26. The molecule has 1 aromatic carbocycles. The molecule has 1 aromatic rings. The number of benzene rings is 1. The van der Waals surface area contributed by atoms with Gasteiger partial charge in [-0.05, 0) is 74.9 Å². The smallest absolute Gasteiger partial charge is 0.128 e. The summed E-state index contributed by atoms with van der Waals surface area (Å²) in [6, 6.07) is 4.26. The van der Waals surface area contributed by atoms with Crippen molar-refractivity contribution >= 4 is 12.6 Å². The summed E-state index contributed by atoms with van der Waals surface area (Å²) in [7, 11) is 0. The molecule has 0 spiro atoms. The third kappa shape index (κ3) is 7.91. The minimum absolute atomic E-state index is 0.459. The molecule has 0 aromatic heterocycles. The normalized spacial score (nSPS) is 12.6. The van der Waals surface area contributed by atoms with Crippen LogP contribution in [0.25, 0.3) is 0 Å². The van der Waals surface area contributed by atoms with Crippen molar-refractivity contribution in [3.05, 3.63) is 77.2 Å². The second-order valence-electron chi connectivity index (χ2n) is 6.23. The molecule has 158 valence electrons. The van der Waals surface area contributed by atoms with Gasteiger partial charge in [-0.1, -0.05) is 44.7 Å². The van der Waals surface area contributed by atoms with Crippen molar-refractivity contribution < 1.29 is 4.74 Å². The lowest BCUT2D eigenvalue weighted by molar-refractivity contribution is 0.310. The van der Waals surface area contributed by atoms with Crippen LogP contribution in [-0.2, 0) is 12.8 Å². The molecule has 0 saturated carbocycles. The minimum Gasteiger partial charge on any atom is -0.487 e. The van der Waals surface area contributed by atoms with Gasteiger partial charge in [-0.3, -0.25) is 0 Å². The summed E-state index contributed by atoms with van der Waals surface area (Å²) in [5.74, 6) is 1.56. The van der Waals surface area contributed by atoms with Crippen molar-refractivity contribution in [2.24, 2.45) is 0 Å². The highest BCUT2D eigenvalue weighted by molar-refractivity contribution is 7.80. The zero-order valence-corrected chi connectivity index (χ0v) is 19.6. The van der Waals surface area contributed by atoms with Crippen LogP contribution in [0.1, 0.15) is 50.8 Å². The number of terminal acetylenes is 1. The summed E-state index contributed by atoms with van der Waals surface area (Å²) in [5.41, 5.74) is 6.18. The number of fused-ring (bicyclic) bond motifs is 1. The molecule has 2 rings (SSSR count). The molecule has 0 radical (unpaired) electrons. The second kappa shape index (κ2) is 15.6. The molecule has 1 aliphatic rings. The predicted octanol–water partition coefficient (Wildman–Crippen LogP) is 6.88. The second-order valence-corrected chi connectivity index (χ2v) is 6.52. The van der Waals surface area contributed by atoms with E-state index in [1.54, 1.807) is 0 Å². The van der Waals surface area contributed by atoms with E-state index in [9.17, 15) is 0 Å². The molecule has 29 heavy (non-hydrogen) atoms. The minimum atomic E-state index is 0.459. The van der Waals surface area contributed by atoms with Gasteiger partial charge in [0.15, 0.2) is 0 Å². The molecule has 0 aliphatic heterocycles. The Morgan fingerprint density at radius 1 is 1.17 bits per heavy atom. The molecule has 0 fully saturated rings. The van der Waals surface area contributed by atoms with E-state index in [2.05, 4.69) is 68.2 Å². The fourth-order valence-corrected chi connectivity index (χ4v) is 3.56. The van der Waals surface area contributed by atoms with Gasteiger partial charge in [0.05, 0.1) is 5.88 Å². The molecule has 0 amide bonds. The van der Waals surface area contributed by atoms with Crippen molar-refractivity contribution in [1.82, 2.24) is 4.90 Å². The van der Waals surface area contributed by atoms with Gasteiger partial charge in [-0.25, -0.2) is 0 Å². The first-order valence-corrected chi connectivity index (χ1v) is 10.8. The van der Waals surface area contributed by atoms with Crippen molar-refractivity contribution in [1.29, 1.82) is 0 Å². The monoisotopic (exact) mass is 411 g/mol. The van der Waals surface area contributed by atoms with Crippen molar-refractivity contribution in [2.75, 3.05) is 12.5 Å². The maximum absolute atomic E-state index is 6.14. The number of allylic oxidation sites excluding steroid dienone is 5. The molecular formula is C26H37NOS. The Hall–Kier alpha value is -2.31. The summed E-state index contributed by atoms with van der Waals surface area (Å²) in [6.07, 6.45) is 21.7. The zero-order chi connectivity index (χ0) is 22.2. The lowest BCUT2D eigenvalue weighted by Crippen LogP contribution is -2.23. The van der Waals surface area contributed by atoms with Crippen LogP contribution in [0.5, 0.6) is 5.75 Å². The van der Waals surface area contributed by atoms with E-state index in [-0.39, 0.29) is 0 Å². The highest BCUT2D eigenvalue weighted by atomic mass is 32.1. The van der Waals surface area contributed by atoms with E-state index >= 15 is 0 Å². The molecule has 0 saturated heterocycles. The standard InChI is InChI=1S/C22H29NOS.C2H6.C2H2/c1-5-7-10-19(9-6-2)23(16-25)18(4)15-24-22-14-13-17(3)20-11-8-12-21(20)22;2*1-2/h5-7,9-10,13-14,25H,4,8,11-12,15-16H2,1-3H3;1-2H3;1-2H/b7-5-,9-6-,19-10+;;. The molecule has 2 nitrogen and oxygen atoms in total. The van der Waals surface area contributed by atoms with Gasteiger partial charge in [0.2, 0.25) is 0 Å². The van der Waals surface area contributed by atoms with E-state index in [0.717, 1.165) is 23.6 Å². The summed E-state index contributed by atoms with van der Waals surface area (Å²) in [6.45, 7) is 14.9. The van der Waals surface area contributed by atoms with E-state index in [1.807, 2.05) is 45.9 Å². The Kier molecular flexibility index (Phi) is 14.4. The van der Waals surface area contributed by atoms with Crippen molar-refractivity contribution in [3.8, 4) is 18.6 Å². The fraction of sp³-hybridized carbons (Fsp3) is 0.385. The summed E-state index contributed by atoms with van der Waals surface area (Å²) < 4.78 is 6.14. The number of hydrogen-bond donors (Lipinski definition) is 1. The molecule has 3 heteroatoms. The first-order valence-electron chi connectivity index (χ1n) is 10.2. The van der Waals surface area contributed by atoms with Crippen molar-refractivity contribution in [2.45, 2.75) is 53.9 Å². The topological polar surface area (TPSA) is 12.5 Å². The van der Waals surface area contributed by atoms with Crippen LogP contribution in [0, 0.1) is 19.8 Å². The average Bonchev–Trinajstić information content (AvgIpc) is 3.26. The summed E-state index contributed by atoms with van der Waals surface area (Å²) in [5, 5.41) is 0. The highest BCUT2D eigenvalue weighted by Crippen LogP contribution is 2.33. The molecule has 0 unspecified atom stereocenters. The van der Waals surface area contributed by atoms with Gasteiger partial charge in [-0.15, -0.1) is 12.8 Å². The Labute approximate surface area is 184 Å². The maximum atomic E-state index is 6.14. The Morgan fingerprint density at radius 2 is 1.83 bits per heavy atom. The van der Waals surface area contributed by atoms with Crippen LogP contribution in [-0.4, -0.2) is 17.4 Å². The molecular weight excluding hydrogens is 374 g/mol. The Bertz CT molecular complexity index is 741. The van der Waals surface area contributed by atoms with Crippen LogP contribution in [0.4, 0.5) is 0 Å². The summed E-state index contributed by atoms with van der Waals surface area (Å²) in [4.78, 5) is 2.07. The summed E-state index contributed by atoms with van der Waals surface area (Å²) >= 11 is 4.48. The molecule has 0 heterocycles. The Balaban J connectivity index is 0.00000184. The Morgan fingerprint density at radius 3 is 2.41 bits per heavy atom. The number of nitrogens with zero attached hydrogens (tertiary/aromatic N) is 1. The average molecular weight is 412 g/mol. The van der Waals surface area contributed by atoms with Gasteiger partial charge < -0.3 is 9.64 Å². The van der Waals surface area contributed by atoms with Crippen LogP contribution in [0.2, 0.25) is 0 Å². The maximum Gasteiger partial charge on any atom is 0.128 e. The lowest BCUT2D eigenvalue weighted by atomic mass is 10.0. The number of rotatable bonds is 8. The molecule has 0 bridgehead atoms. The number of ether oxygens (including phenoxy) is 1. The largest absolute Gasteiger partial charge is 0.487 e. The first kappa shape index (κ1) is 26.7. The van der Waals surface area contributed by atoms with Gasteiger partial charge in [0, 0.05) is 11.4 Å². The van der Waals surface area contributed by atoms with Crippen LogP contribution in [0.15, 0.2) is 60.5 Å². The fourth-order valence-electron chi connectivity index (χ4n) is 3.19. The van der Waals surface area contributed by atoms with E-state index in [4.69, 9.17) is 4.74 Å². The molecule has 0 atom stereocenters. The van der Waals surface area contributed by atoms with E-state index < -0.39 is 0 Å². The van der Waals surface area contributed by atoms with Gasteiger partial charge in [0.1, 0.15) is 12.4 Å². The third-order valence-corrected chi connectivity index (χ3v) is 4.78. The van der Waals surface area contributed by atoms with Crippen LogP contribution in [0.3, 0.4) is 0 Å². The SMILES string of the molecule is C#C.C=C(COc1ccc(C)c2c1CCC2)N(CS)C(/C=C\C)=C/C=C\C.CC. The third-order valence-electron chi connectivity index (χ3n) is 4.50. The number of aryl methyl sites for hydroxylation is 1. The molecule has 1 aliphatic carbocycles. The van der Waals surface area contributed by atoms with Gasteiger partial charge in [0.25, 0.3) is 0 Å². The first-order chi connectivity index (χ1) is 14.1. The highest BCUT2D eigenvalue weighted by Gasteiger charge is 2.18. The number of hydrogen-bond acceptors (Lipinski definition) is 3. The van der Waals surface area contributed by atoms with Crippen LogP contribution >= 0.6 is 12.6 Å². The van der Waals surface area contributed by atoms with Gasteiger partial charge >= 0.3 is 0 Å². The van der Waals surface area contributed by atoms with Gasteiger partial charge in [-0.2, -0.15) is 12.6 Å². The zero-order valence-electron chi connectivity index (χ0n) is 18.7. The quantitative estimate of drug-likeness (QED) is 0.217. The van der Waals surface area contributed by atoms with E-state index in [1.165, 1.54) is 29.5 Å². The number of thiol groups is 1. The van der Waals surface area contributed by atoms with Crippen molar-refractivity contribution in [3.63, 3.8) is 0 Å². The van der Waals surface area contributed by atoms with Crippen LogP contribution < -0.4 is 4.74 Å². The molecule has 0 N–H and O–H groups in total. The van der Waals surface area contributed by atoms with E-state index in [0.29, 0.717) is 12.5 Å². The predicted molar refractivity (Wildman–Crippen MR) is 132 cm³/mol.